The lowest BCUT2D eigenvalue weighted by Crippen LogP contribution is -2.43. The highest BCUT2D eigenvalue weighted by Crippen LogP contribution is 2.07. The van der Waals surface area contributed by atoms with Crippen LogP contribution >= 0.6 is 0 Å². The summed E-state index contributed by atoms with van der Waals surface area (Å²) >= 11 is 0. The summed E-state index contributed by atoms with van der Waals surface area (Å²) in [6.45, 7) is 2.82. The van der Waals surface area contributed by atoms with Gasteiger partial charge in [-0.2, -0.15) is 4.31 Å². The van der Waals surface area contributed by atoms with Gasteiger partial charge in [-0.05, 0) is 6.92 Å². The molecule has 0 aromatic carbocycles. The molecule has 0 saturated carbocycles. The second-order valence-corrected chi connectivity index (χ2v) is 6.48. The molecule has 1 aliphatic rings. The predicted molar refractivity (Wildman–Crippen MR) is 70.4 cm³/mol. The molecule has 0 aromatic heterocycles. The molecule has 0 bridgehead atoms. The molecular weight excluding hydrogens is 288 g/mol. The molecular formula is C11H20N2O6S. The summed E-state index contributed by atoms with van der Waals surface area (Å²) in [5.41, 5.74) is 0. The van der Waals surface area contributed by atoms with E-state index in [9.17, 15) is 18.0 Å². The molecule has 9 heteroatoms. The Kier molecular flexibility index (Phi) is 6.37. The van der Waals surface area contributed by atoms with Crippen LogP contribution in [0.15, 0.2) is 0 Å². The van der Waals surface area contributed by atoms with Crippen LogP contribution in [0.5, 0.6) is 0 Å². The number of amides is 1. The van der Waals surface area contributed by atoms with Gasteiger partial charge in [0.15, 0.2) is 0 Å². The third kappa shape index (κ3) is 5.06. The van der Waals surface area contributed by atoms with Gasteiger partial charge in [0.2, 0.25) is 15.9 Å². The van der Waals surface area contributed by atoms with Gasteiger partial charge in [0.1, 0.15) is 6.04 Å². The van der Waals surface area contributed by atoms with Crippen LogP contribution in [0.2, 0.25) is 0 Å². The Morgan fingerprint density at radius 1 is 1.35 bits per heavy atom. The average molecular weight is 308 g/mol. The second-order valence-electron chi connectivity index (χ2n) is 4.39. The first-order valence-corrected chi connectivity index (χ1v) is 7.90. The SMILES string of the molecule is COC(=O)C(C)NC(=O)CCS(=O)(=O)N1CCOCC1. The van der Waals surface area contributed by atoms with E-state index in [4.69, 9.17) is 4.74 Å². The number of nitrogens with zero attached hydrogens (tertiary/aromatic N) is 1. The highest BCUT2D eigenvalue weighted by atomic mass is 32.2. The fourth-order valence-corrected chi connectivity index (χ4v) is 3.13. The fraction of sp³-hybridized carbons (Fsp3) is 0.818. The number of nitrogens with one attached hydrogen (secondary N) is 1. The van der Waals surface area contributed by atoms with E-state index in [0.717, 1.165) is 0 Å². The van der Waals surface area contributed by atoms with Crippen molar-refractivity contribution in [3.05, 3.63) is 0 Å². The summed E-state index contributed by atoms with van der Waals surface area (Å²) in [5, 5.41) is 2.38. The molecule has 1 rings (SSSR count). The Morgan fingerprint density at radius 3 is 2.50 bits per heavy atom. The van der Waals surface area contributed by atoms with Crippen LogP contribution in [-0.4, -0.2) is 69.8 Å². The second kappa shape index (κ2) is 7.55. The van der Waals surface area contributed by atoms with E-state index in [1.54, 1.807) is 0 Å². The van der Waals surface area contributed by atoms with E-state index in [-0.39, 0.29) is 12.2 Å². The number of morpholine rings is 1. The zero-order valence-electron chi connectivity index (χ0n) is 11.6. The Morgan fingerprint density at radius 2 is 1.95 bits per heavy atom. The number of methoxy groups -OCH3 is 1. The molecule has 1 saturated heterocycles. The predicted octanol–water partition coefficient (Wildman–Crippen LogP) is -1.28. The molecule has 116 valence electrons. The Bertz CT molecular complexity index is 444. The minimum absolute atomic E-state index is 0.193. The van der Waals surface area contributed by atoms with E-state index in [0.29, 0.717) is 26.3 Å². The van der Waals surface area contributed by atoms with Gasteiger partial charge < -0.3 is 14.8 Å². The van der Waals surface area contributed by atoms with Gasteiger partial charge in [0, 0.05) is 19.5 Å². The normalized spacial score (nSPS) is 18.3. The number of hydrogen-bond acceptors (Lipinski definition) is 6. The van der Waals surface area contributed by atoms with Gasteiger partial charge in [-0.3, -0.25) is 4.79 Å². The average Bonchev–Trinajstić information content (AvgIpc) is 2.45. The molecule has 8 nitrogen and oxygen atoms in total. The standard InChI is InChI=1S/C11H20N2O6S/c1-9(11(15)18-2)12-10(14)3-8-20(16,17)13-4-6-19-7-5-13/h9H,3-8H2,1-2H3,(H,12,14). The van der Waals surface area contributed by atoms with Crippen molar-refractivity contribution >= 4 is 21.9 Å². The maximum atomic E-state index is 12.0. The van der Waals surface area contributed by atoms with E-state index in [1.807, 2.05) is 0 Å². The Labute approximate surface area is 118 Å². The smallest absolute Gasteiger partial charge is 0.328 e. The monoisotopic (exact) mass is 308 g/mol. The lowest BCUT2D eigenvalue weighted by atomic mass is 10.3. The van der Waals surface area contributed by atoms with Crippen LogP contribution in [0.4, 0.5) is 0 Å². The van der Waals surface area contributed by atoms with Crippen molar-refractivity contribution in [2.45, 2.75) is 19.4 Å². The van der Waals surface area contributed by atoms with E-state index >= 15 is 0 Å². The lowest BCUT2D eigenvalue weighted by molar-refractivity contribution is -0.144. The fourth-order valence-electron chi connectivity index (χ4n) is 1.72. The topological polar surface area (TPSA) is 102 Å². The summed E-state index contributed by atoms with van der Waals surface area (Å²) in [6.07, 6.45) is -0.193. The van der Waals surface area contributed by atoms with E-state index < -0.39 is 27.9 Å². The van der Waals surface area contributed by atoms with Crippen LogP contribution in [-0.2, 0) is 29.1 Å². The molecule has 20 heavy (non-hydrogen) atoms. The molecule has 1 atom stereocenters. The van der Waals surface area contributed by atoms with Crippen molar-refractivity contribution in [1.29, 1.82) is 0 Å². The molecule has 0 radical (unpaired) electrons. The number of ether oxygens (including phenoxy) is 2. The van der Waals surface area contributed by atoms with Gasteiger partial charge in [-0.15, -0.1) is 0 Å². The maximum Gasteiger partial charge on any atom is 0.328 e. The van der Waals surface area contributed by atoms with Crippen LogP contribution < -0.4 is 5.32 Å². The first kappa shape index (κ1) is 16.9. The van der Waals surface area contributed by atoms with E-state index in [1.165, 1.54) is 18.3 Å². The summed E-state index contributed by atoms with van der Waals surface area (Å²) in [5.74, 6) is -1.36. The first-order chi connectivity index (χ1) is 9.36. The van der Waals surface area contributed by atoms with Crippen LogP contribution in [0.25, 0.3) is 0 Å². The highest BCUT2D eigenvalue weighted by molar-refractivity contribution is 7.89. The van der Waals surface area contributed by atoms with Gasteiger partial charge in [0.05, 0.1) is 26.1 Å². The summed E-state index contributed by atoms with van der Waals surface area (Å²) < 4.78 is 34.8. The summed E-state index contributed by atoms with van der Waals surface area (Å²) in [7, 11) is -2.25. The quantitative estimate of drug-likeness (QED) is 0.613. The third-order valence-electron chi connectivity index (χ3n) is 2.88. The van der Waals surface area contributed by atoms with Crippen molar-refractivity contribution in [3.63, 3.8) is 0 Å². The van der Waals surface area contributed by atoms with Crippen molar-refractivity contribution in [1.82, 2.24) is 9.62 Å². The number of rotatable bonds is 6. The number of hydrogen-bond donors (Lipinski definition) is 1. The summed E-state index contributed by atoms with van der Waals surface area (Å²) in [6, 6.07) is -0.793. The molecule has 1 N–H and O–H groups in total. The maximum absolute atomic E-state index is 12.0. The molecule has 0 spiro atoms. The van der Waals surface area contributed by atoms with Crippen LogP contribution in [0.3, 0.4) is 0 Å². The minimum Gasteiger partial charge on any atom is -0.467 e. The van der Waals surface area contributed by atoms with Crippen molar-refractivity contribution in [3.8, 4) is 0 Å². The van der Waals surface area contributed by atoms with Gasteiger partial charge >= 0.3 is 5.97 Å². The van der Waals surface area contributed by atoms with Crippen LogP contribution in [0, 0.1) is 0 Å². The molecule has 0 aliphatic carbocycles. The Hall–Kier alpha value is -1.19. The van der Waals surface area contributed by atoms with E-state index in [2.05, 4.69) is 10.1 Å². The largest absolute Gasteiger partial charge is 0.467 e. The third-order valence-corrected chi connectivity index (χ3v) is 4.75. The molecule has 0 aromatic rings. The molecule has 1 unspecified atom stereocenters. The molecule has 1 aliphatic heterocycles. The Balaban J connectivity index is 2.41. The first-order valence-electron chi connectivity index (χ1n) is 6.29. The van der Waals surface area contributed by atoms with Crippen molar-refractivity contribution < 1.29 is 27.5 Å². The number of esters is 1. The lowest BCUT2D eigenvalue weighted by Gasteiger charge is -2.25. The zero-order chi connectivity index (χ0) is 15.2. The van der Waals surface area contributed by atoms with Gasteiger partial charge in [0.25, 0.3) is 0 Å². The molecule has 1 fully saturated rings. The number of carbonyl (C=O) groups excluding carboxylic acids is 2. The zero-order valence-corrected chi connectivity index (χ0v) is 12.4. The highest BCUT2D eigenvalue weighted by Gasteiger charge is 2.25. The van der Waals surface area contributed by atoms with Crippen molar-refractivity contribution in [2.24, 2.45) is 0 Å². The molecule has 1 heterocycles. The van der Waals surface area contributed by atoms with Gasteiger partial charge in [-0.1, -0.05) is 0 Å². The van der Waals surface area contributed by atoms with Crippen LogP contribution in [0.1, 0.15) is 13.3 Å². The van der Waals surface area contributed by atoms with Gasteiger partial charge in [-0.25, -0.2) is 13.2 Å². The minimum atomic E-state index is -3.46. The summed E-state index contributed by atoms with van der Waals surface area (Å²) in [4.78, 5) is 22.7. The molecule has 1 amide bonds. The number of carbonyl (C=O) groups is 2. The van der Waals surface area contributed by atoms with Crippen molar-refractivity contribution in [2.75, 3.05) is 39.2 Å². The number of sulfonamides is 1.